The molecule has 0 atom stereocenters. The summed E-state index contributed by atoms with van der Waals surface area (Å²) >= 11 is 3.47. The maximum absolute atomic E-state index is 5.14. The third-order valence-electron chi connectivity index (χ3n) is 2.43. The predicted molar refractivity (Wildman–Crippen MR) is 74.8 cm³/mol. The van der Waals surface area contributed by atoms with Gasteiger partial charge in [0, 0.05) is 32.8 Å². The minimum Gasteiger partial charge on any atom is -0.378 e. The minimum absolute atomic E-state index is 0.246. The molecule has 1 N–H and O–H groups in total. The van der Waals surface area contributed by atoms with Gasteiger partial charge in [0.05, 0.1) is 17.9 Å². The van der Waals surface area contributed by atoms with Crippen molar-refractivity contribution < 1.29 is 9.47 Å². The minimum atomic E-state index is -0.246. The highest BCUT2D eigenvalue weighted by molar-refractivity contribution is 9.10. The van der Waals surface area contributed by atoms with E-state index in [9.17, 15) is 0 Å². The van der Waals surface area contributed by atoms with Gasteiger partial charge in [0.1, 0.15) is 0 Å². The normalized spacial score (nSPS) is 10.7. The lowest BCUT2D eigenvalue weighted by Crippen LogP contribution is -2.24. The Bertz CT molecular complexity index is 354. The van der Waals surface area contributed by atoms with Gasteiger partial charge in [-0.15, -0.1) is 0 Å². The van der Waals surface area contributed by atoms with Gasteiger partial charge in [-0.25, -0.2) is 0 Å². The molecular weight excluding hydrogens is 284 g/mol. The summed E-state index contributed by atoms with van der Waals surface area (Å²) in [6, 6.07) is 6.11. The van der Waals surface area contributed by atoms with E-state index in [1.54, 1.807) is 14.2 Å². The van der Waals surface area contributed by atoms with E-state index in [1.165, 1.54) is 0 Å². The van der Waals surface area contributed by atoms with Crippen LogP contribution in [0.3, 0.4) is 0 Å². The summed E-state index contributed by atoms with van der Waals surface area (Å²) in [6.45, 7) is 0.601. The van der Waals surface area contributed by atoms with Crippen molar-refractivity contribution in [1.29, 1.82) is 0 Å². The van der Waals surface area contributed by atoms with Crippen molar-refractivity contribution in [1.82, 2.24) is 0 Å². The monoisotopic (exact) mass is 302 g/mol. The number of anilines is 2. The Labute approximate surface area is 111 Å². The van der Waals surface area contributed by atoms with Gasteiger partial charge in [-0.1, -0.05) is 15.9 Å². The molecule has 1 aromatic rings. The number of nitrogens with zero attached hydrogens (tertiary/aromatic N) is 1. The number of hydrogen-bond donors (Lipinski definition) is 1. The zero-order valence-corrected chi connectivity index (χ0v) is 12.2. The molecule has 1 rings (SSSR count). The summed E-state index contributed by atoms with van der Waals surface area (Å²) in [6.07, 6.45) is -0.246. The average Bonchev–Trinajstić information content (AvgIpc) is 2.30. The van der Waals surface area contributed by atoms with Crippen LogP contribution in [-0.2, 0) is 9.47 Å². The van der Waals surface area contributed by atoms with E-state index in [1.807, 2.05) is 26.2 Å². The molecule has 4 nitrogen and oxygen atoms in total. The van der Waals surface area contributed by atoms with Gasteiger partial charge < -0.3 is 19.7 Å². The quantitative estimate of drug-likeness (QED) is 0.819. The Kier molecular flexibility index (Phi) is 5.74. The Hall–Kier alpha value is -0.780. The van der Waals surface area contributed by atoms with Crippen molar-refractivity contribution in [2.75, 3.05) is 45.1 Å². The first-order valence-corrected chi connectivity index (χ1v) is 6.14. The van der Waals surface area contributed by atoms with Gasteiger partial charge in [-0.2, -0.15) is 0 Å². The molecule has 0 amide bonds. The molecule has 0 saturated carbocycles. The summed E-state index contributed by atoms with van der Waals surface area (Å²) in [7, 11) is 7.28. The summed E-state index contributed by atoms with van der Waals surface area (Å²) < 4.78 is 11.3. The molecule has 1 aromatic carbocycles. The molecule has 0 aliphatic rings. The topological polar surface area (TPSA) is 33.7 Å². The van der Waals surface area contributed by atoms with Gasteiger partial charge >= 0.3 is 0 Å². The highest BCUT2D eigenvalue weighted by atomic mass is 79.9. The zero-order chi connectivity index (χ0) is 12.8. The van der Waals surface area contributed by atoms with Crippen LogP contribution in [0.15, 0.2) is 22.7 Å². The van der Waals surface area contributed by atoms with E-state index in [0.717, 1.165) is 15.8 Å². The molecule has 0 saturated heterocycles. The number of methoxy groups -OCH3 is 2. The number of rotatable bonds is 6. The fourth-order valence-electron chi connectivity index (χ4n) is 1.50. The van der Waals surface area contributed by atoms with E-state index in [-0.39, 0.29) is 6.29 Å². The molecule has 0 bridgehead atoms. The largest absolute Gasteiger partial charge is 0.378 e. The van der Waals surface area contributed by atoms with Gasteiger partial charge in [-0.05, 0) is 18.2 Å². The SMILES string of the molecule is COC(CNc1cc(Br)ccc1N(C)C)OC. The molecule has 0 aliphatic carbocycles. The molecule has 0 fully saturated rings. The smallest absolute Gasteiger partial charge is 0.173 e. The lowest BCUT2D eigenvalue weighted by molar-refractivity contribution is -0.0914. The van der Waals surface area contributed by atoms with E-state index in [4.69, 9.17) is 9.47 Å². The summed E-state index contributed by atoms with van der Waals surface area (Å²) in [4.78, 5) is 2.06. The summed E-state index contributed by atoms with van der Waals surface area (Å²) in [5, 5.41) is 3.32. The molecular formula is C12H19BrN2O2. The average molecular weight is 303 g/mol. The van der Waals surface area contributed by atoms with E-state index in [2.05, 4.69) is 32.2 Å². The highest BCUT2D eigenvalue weighted by Gasteiger charge is 2.08. The third-order valence-corrected chi connectivity index (χ3v) is 2.92. The van der Waals surface area contributed by atoms with Crippen molar-refractivity contribution in [3.63, 3.8) is 0 Å². The second-order valence-corrected chi connectivity index (χ2v) is 4.75. The second-order valence-electron chi connectivity index (χ2n) is 3.84. The first-order chi connectivity index (χ1) is 8.08. The van der Waals surface area contributed by atoms with E-state index in [0.29, 0.717) is 6.54 Å². The summed E-state index contributed by atoms with van der Waals surface area (Å²) in [5.74, 6) is 0. The van der Waals surface area contributed by atoms with Crippen LogP contribution in [-0.4, -0.2) is 41.1 Å². The molecule has 17 heavy (non-hydrogen) atoms. The zero-order valence-electron chi connectivity index (χ0n) is 10.7. The molecule has 96 valence electrons. The van der Waals surface area contributed by atoms with Crippen molar-refractivity contribution in [2.24, 2.45) is 0 Å². The standard InChI is InChI=1S/C12H19BrN2O2/c1-15(2)11-6-5-9(13)7-10(11)14-8-12(16-3)17-4/h5-7,12,14H,8H2,1-4H3. The summed E-state index contributed by atoms with van der Waals surface area (Å²) in [5.41, 5.74) is 2.17. The Balaban J connectivity index is 2.78. The number of hydrogen-bond acceptors (Lipinski definition) is 4. The molecule has 0 aromatic heterocycles. The van der Waals surface area contributed by atoms with Crippen molar-refractivity contribution in [3.8, 4) is 0 Å². The van der Waals surface area contributed by atoms with Crippen molar-refractivity contribution >= 4 is 27.3 Å². The van der Waals surface area contributed by atoms with Crippen molar-refractivity contribution in [3.05, 3.63) is 22.7 Å². The predicted octanol–water partition coefficient (Wildman–Crippen LogP) is 2.55. The van der Waals surface area contributed by atoms with Crippen LogP contribution in [0.1, 0.15) is 0 Å². The number of benzene rings is 1. The number of ether oxygens (including phenoxy) is 2. The molecule has 5 heteroatoms. The van der Waals surface area contributed by atoms with Gasteiger partial charge in [0.15, 0.2) is 6.29 Å². The fraction of sp³-hybridized carbons (Fsp3) is 0.500. The lowest BCUT2D eigenvalue weighted by atomic mass is 10.2. The van der Waals surface area contributed by atoms with Gasteiger partial charge in [0.2, 0.25) is 0 Å². The molecule has 0 aliphatic heterocycles. The maximum atomic E-state index is 5.14. The van der Waals surface area contributed by atoms with Crippen LogP contribution in [0.5, 0.6) is 0 Å². The van der Waals surface area contributed by atoms with Crippen LogP contribution in [0.4, 0.5) is 11.4 Å². The third kappa shape index (κ3) is 4.18. The van der Waals surface area contributed by atoms with Gasteiger partial charge in [-0.3, -0.25) is 0 Å². The Morgan fingerprint density at radius 3 is 2.47 bits per heavy atom. The highest BCUT2D eigenvalue weighted by Crippen LogP contribution is 2.27. The fourth-order valence-corrected chi connectivity index (χ4v) is 1.86. The van der Waals surface area contributed by atoms with E-state index < -0.39 is 0 Å². The Morgan fingerprint density at radius 2 is 1.94 bits per heavy atom. The first kappa shape index (κ1) is 14.3. The maximum Gasteiger partial charge on any atom is 0.173 e. The Morgan fingerprint density at radius 1 is 1.29 bits per heavy atom. The van der Waals surface area contributed by atoms with Crippen LogP contribution >= 0.6 is 15.9 Å². The second kappa shape index (κ2) is 6.83. The van der Waals surface area contributed by atoms with Crippen molar-refractivity contribution in [2.45, 2.75) is 6.29 Å². The lowest BCUT2D eigenvalue weighted by Gasteiger charge is -2.21. The van der Waals surface area contributed by atoms with Crippen LogP contribution in [0, 0.1) is 0 Å². The molecule has 0 spiro atoms. The first-order valence-electron chi connectivity index (χ1n) is 5.34. The van der Waals surface area contributed by atoms with Crippen LogP contribution in [0.25, 0.3) is 0 Å². The molecule has 0 unspecified atom stereocenters. The van der Waals surface area contributed by atoms with Gasteiger partial charge in [0.25, 0.3) is 0 Å². The number of nitrogens with one attached hydrogen (secondary N) is 1. The molecule has 0 heterocycles. The van der Waals surface area contributed by atoms with Crippen LogP contribution < -0.4 is 10.2 Å². The molecule has 0 radical (unpaired) electrons. The van der Waals surface area contributed by atoms with Crippen LogP contribution in [0.2, 0.25) is 0 Å². The van der Waals surface area contributed by atoms with E-state index >= 15 is 0 Å². The number of halogens is 1.